The van der Waals surface area contributed by atoms with Gasteiger partial charge >= 0.3 is 19.5 Å². The maximum absolute atomic E-state index is 4.66. The number of halogens is 2. The van der Waals surface area contributed by atoms with Gasteiger partial charge in [0.25, 0.3) is 0 Å². The molecule has 0 fully saturated rings. The number of methoxy groups -OCH3 is 2. The molecule has 11 heavy (non-hydrogen) atoms. The monoisotopic (exact) mass is 252 g/mol. The zero-order valence-corrected chi connectivity index (χ0v) is 11.6. The average molecular weight is 254 g/mol. The Bertz CT molecular complexity index is 30.5. The second-order valence-corrected chi connectivity index (χ2v) is 0.986. The van der Waals surface area contributed by atoms with Gasteiger partial charge in [0.15, 0.2) is 0 Å². The summed E-state index contributed by atoms with van der Waals surface area (Å²) < 4.78 is 9.31. The minimum atomic E-state index is 0. The van der Waals surface area contributed by atoms with Crippen LogP contribution in [0.3, 0.4) is 0 Å². The normalized spacial score (nSPS) is 6.00. The van der Waals surface area contributed by atoms with E-state index in [2.05, 4.69) is 45.4 Å². The minimum Gasteiger partial charge on any atom is -0.382 e. The zero-order valence-electron chi connectivity index (χ0n) is 7.11. The third-order valence-electron chi connectivity index (χ3n) is 0.492. The van der Waals surface area contributed by atoms with E-state index in [1.807, 2.05) is 0 Å². The van der Waals surface area contributed by atoms with Gasteiger partial charge in [-0.1, -0.05) is 0 Å². The van der Waals surface area contributed by atoms with Crippen molar-refractivity contribution in [2.75, 3.05) is 27.4 Å². The van der Waals surface area contributed by atoms with E-state index in [-0.39, 0.29) is 19.5 Å². The third kappa shape index (κ3) is 54.5. The van der Waals surface area contributed by atoms with Crippen LogP contribution in [-0.2, 0) is 29.0 Å². The van der Waals surface area contributed by atoms with Crippen LogP contribution in [0.2, 0.25) is 0 Å². The molecule has 5 heteroatoms. The van der Waals surface area contributed by atoms with Gasteiger partial charge in [-0.2, -0.15) is 0 Å². The molecule has 0 aromatic carbocycles. The smallest absolute Gasteiger partial charge is 0.382 e. The Kier molecular flexibility index (Phi) is 89.7. The van der Waals surface area contributed by atoms with Crippen LogP contribution in [0.25, 0.3) is 0 Å². The molecule has 0 heterocycles. The SMILES string of the molecule is COCCOC.[CH2-]Cl.[CH2-]Cl.[Zn+2]. The van der Waals surface area contributed by atoms with Crippen molar-refractivity contribution in [3.8, 4) is 0 Å². The van der Waals surface area contributed by atoms with Gasteiger partial charge in [0.1, 0.15) is 0 Å². The van der Waals surface area contributed by atoms with E-state index in [1.165, 1.54) is 0 Å². The Labute approximate surface area is 92.3 Å². The number of ether oxygens (including phenoxy) is 2. The molecule has 0 aliphatic rings. The Morgan fingerprint density at radius 2 is 1.09 bits per heavy atom. The first-order valence-corrected chi connectivity index (χ1v) is 3.50. The molecule has 2 nitrogen and oxygen atoms in total. The fourth-order valence-electron chi connectivity index (χ4n) is 0.167. The van der Waals surface area contributed by atoms with Gasteiger partial charge in [-0.25, -0.2) is 0 Å². The van der Waals surface area contributed by atoms with Crippen LogP contribution in [0, 0.1) is 12.8 Å². The van der Waals surface area contributed by atoms with E-state index in [4.69, 9.17) is 0 Å². The summed E-state index contributed by atoms with van der Waals surface area (Å²) in [4.78, 5) is 0. The quantitative estimate of drug-likeness (QED) is 0.437. The van der Waals surface area contributed by atoms with Crippen molar-refractivity contribution in [1.29, 1.82) is 0 Å². The summed E-state index contributed by atoms with van der Waals surface area (Å²) in [5.41, 5.74) is 0. The third-order valence-corrected chi connectivity index (χ3v) is 0.492. The van der Waals surface area contributed by atoms with Crippen LogP contribution in [-0.4, -0.2) is 27.4 Å². The molecule has 66 valence electrons. The molecule has 0 atom stereocenters. The van der Waals surface area contributed by atoms with Crippen molar-refractivity contribution in [2.24, 2.45) is 0 Å². The van der Waals surface area contributed by atoms with E-state index >= 15 is 0 Å². The van der Waals surface area contributed by atoms with Gasteiger partial charge in [0.2, 0.25) is 0 Å². The van der Waals surface area contributed by atoms with Crippen LogP contribution in [0.15, 0.2) is 0 Å². The molecule has 0 aromatic heterocycles. The van der Waals surface area contributed by atoms with Crippen LogP contribution in [0.4, 0.5) is 0 Å². The largest absolute Gasteiger partial charge is 2.00 e. The van der Waals surface area contributed by atoms with Crippen LogP contribution in [0.5, 0.6) is 0 Å². The Morgan fingerprint density at radius 1 is 0.909 bits per heavy atom. The fourth-order valence-corrected chi connectivity index (χ4v) is 0.167. The van der Waals surface area contributed by atoms with Crippen LogP contribution >= 0.6 is 23.2 Å². The summed E-state index contributed by atoms with van der Waals surface area (Å²) >= 11 is 8.78. The van der Waals surface area contributed by atoms with Gasteiger partial charge in [0.05, 0.1) is 13.2 Å². The Hall–Kier alpha value is 1.12. The molecule has 0 aliphatic heterocycles. The maximum atomic E-state index is 4.66. The molecule has 0 aliphatic carbocycles. The van der Waals surface area contributed by atoms with Gasteiger partial charge < -0.3 is 32.7 Å². The summed E-state index contributed by atoms with van der Waals surface area (Å²) in [5, 5.41) is 0. The fraction of sp³-hybridized carbons (Fsp3) is 0.667. The van der Waals surface area contributed by atoms with Crippen molar-refractivity contribution >= 4 is 23.2 Å². The molecule has 0 unspecified atom stereocenters. The van der Waals surface area contributed by atoms with E-state index < -0.39 is 0 Å². The standard InChI is InChI=1S/C4H10O2.2CH2Cl.Zn/c1-5-3-4-6-2;2*1-2;/h3-4H2,1-2H3;2*1H2;/q;2*-1;+2. The molecule has 0 saturated carbocycles. The van der Waals surface area contributed by atoms with Crippen molar-refractivity contribution in [3.05, 3.63) is 12.8 Å². The van der Waals surface area contributed by atoms with E-state index in [0.717, 1.165) is 0 Å². The summed E-state index contributed by atoms with van der Waals surface area (Å²) in [5.74, 6) is 0. The van der Waals surface area contributed by atoms with Gasteiger partial charge in [-0.3, -0.25) is 12.8 Å². The van der Waals surface area contributed by atoms with Gasteiger partial charge in [0, 0.05) is 14.2 Å². The first-order valence-electron chi connectivity index (χ1n) is 2.43. The molecule has 0 saturated heterocycles. The average Bonchev–Trinajstić information content (AvgIpc) is 2.08. The maximum Gasteiger partial charge on any atom is 2.00 e. The van der Waals surface area contributed by atoms with Gasteiger partial charge in [-0.05, 0) is 0 Å². The molecular weight excluding hydrogens is 240 g/mol. The Morgan fingerprint density at radius 3 is 1.18 bits per heavy atom. The second-order valence-electron chi connectivity index (χ2n) is 0.986. The zero-order chi connectivity index (χ0) is 8.83. The first-order chi connectivity index (χ1) is 4.91. The van der Waals surface area contributed by atoms with Crippen molar-refractivity contribution in [3.63, 3.8) is 0 Å². The summed E-state index contributed by atoms with van der Waals surface area (Å²) in [6.07, 6.45) is 5.44. The molecule has 0 radical (unpaired) electrons. The minimum absolute atomic E-state index is 0. The summed E-state index contributed by atoms with van der Waals surface area (Å²) in [7, 11) is 3.30. The molecule has 0 amide bonds. The van der Waals surface area contributed by atoms with E-state index in [1.54, 1.807) is 14.2 Å². The number of rotatable bonds is 3. The van der Waals surface area contributed by atoms with Crippen LogP contribution in [0.1, 0.15) is 0 Å². The summed E-state index contributed by atoms with van der Waals surface area (Å²) in [6.45, 7) is 1.38. The Balaban J connectivity index is -0.0000000428. The molecule has 0 rings (SSSR count). The molecular formula is C6H14Cl2O2Zn. The van der Waals surface area contributed by atoms with Crippen molar-refractivity contribution in [2.45, 2.75) is 0 Å². The molecule has 0 spiro atoms. The summed E-state index contributed by atoms with van der Waals surface area (Å²) in [6, 6.07) is 0. The first kappa shape index (κ1) is 22.7. The topological polar surface area (TPSA) is 18.5 Å². The molecule has 0 N–H and O–H groups in total. The molecule has 0 bridgehead atoms. The predicted molar refractivity (Wildman–Crippen MR) is 46.2 cm³/mol. The van der Waals surface area contributed by atoms with Crippen molar-refractivity contribution < 1.29 is 29.0 Å². The van der Waals surface area contributed by atoms with Crippen molar-refractivity contribution in [1.82, 2.24) is 0 Å². The number of hydrogen-bond donors (Lipinski definition) is 0. The number of hydrogen-bond acceptors (Lipinski definition) is 2. The predicted octanol–water partition coefficient (Wildman–Crippen LogP) is 2.31. The molecule has 0 aromatic rings. The van der Waals surface area contributed by atoms with Gasteiger partial charge in [-0.15, -0.1) is 0 Å². The van der Waals surface area contributed by atoms with Crippen LogP contribution < -0.4 is 0 Å². The van der Waals surface area contributed by atoms with E-state index in [0.29, 0.717) is 13.2 Å². The second kappa shape index (κ2) is 43.4. The van der Waals surface area contributed by atoms with E-state index in [9.17, 15) is 0 Å².